The van der Waals surface area contributed by atoms with E-state index < -0.39 is 0 Å². The molecule has 106 valence electrons. The van der Waals surface area contributed by atoms with Crippen molar-refractivity contribution < 1.29 is 5.21 Å². The molecule has 0 spiro atoms. The van der Waals surface area contributed by atoms with E-state index in [-0.39, 0.29) is 12.5 Å². The van der Waals surface area contributed by atoms with Crippen LogP contribution in [0.3, 0.4) is 0 Å². The van der Waals surface area contributed by atoms with Crippen LogP contribution in [0, 0.1) is 0 Å². The third kappa shape index (κ3) is 5.09. The Labute approximate surface area is 113 Å². The summed E-state index contributed by atoms with van der Waals surface area (Å²) in [5, 5.41) is 16.9. The van der Waals surface area contributed by atoms with Gasteiger partial charge in [-0.3, -0.25) is 5.21 Å². The van der Waals surface area contributed by atoms with Crippen molar-refractivity contribution in [2.75, 3.05) is 35.3 Å². The average molecular weight is 266 g/mol. The van der Waals surface area contributed by atoms with E-state index in [0.717, 1.165) is 31.0 Å². The summed E-state index contributed by atoms with van der Waals surface area (Å²) < 4.78 is 0. The Balaban J connectivity index is 2.90. The Kier molecular flexibility index (Phi) is 6.59. The molecule has 0 aliphatic rings. The standard InChI is InChI=1S/C12H22N6O/c1-4-7-13-10-15-11(14-8-5-2)17-12(16-10)18(19)9-6-3/h6,19H,3-5,7-9H2,1-2H3,(H2,13,14,15,16,17). The van der Waals surface area contributed by atoms with Gasteiger partial charge in [-0.15, -0.1) is 6.58 Å². The van der Waals surface area contributed by atoms with Gasteiger partial charge in [0.05, 0.1) is 6.54 Å². The van der Waals surface area contributed by atoms with Crippen LogP contribution in [0.4, 0.5) is 17.8 Å². The SMILES string of the molecule is C=CCN(O)c1nc(NCCC)nc(NCCC)n1. The molecular weight excluding hydrogens is 244 g/mol. The zero-order valence-electron chi connectivity index (χ0n) is 11.6. The molecule has 1 heterocycles. The Morgan fingerprint density at radius 1 is 1.11 bits per heavy atom. The number of rotatable bonds is 9. The van der Waals surface area contributed by atoms with Crippen LogP contribution in [-0.4, -0.2) is 39.8 Å². The third-order valence-electron chi connectivity index (χ3n) is 2.22. The van der Waals surface area contributed by atoms with Crippen molar-refractivity contribution in [3.63, 3.8) is 0 Å². The Hall–Kier alpha value is -1.89. The molecule has 1 aromatic rings. The van der Waals surface area contributed by atoms with E-state index >= 15 is 0 Å². The van der Waals surface area contributed by atoms with Crippen molar-refractivity contribution >= 4 is 17.8 Å². The second-order valence-electron chi connectivity index (χ2n) is 4.01. The van der Waals surface area contributed by atoms with E-state index in [2.05, 4.69) is 46.0 Å². The van der Waals surface area contributed by atoms with Crippen LogP contribution in [0.15, 0.2) is 12.7 Å². The first-order valence-corrected chi connectivity index (χ1v) is 6.52. The predicted molar refractivity (Wildman–Crippen MR) is 76.7 cm³/mol. The predicted octanol–water partition coefficient (Wildman–Crippen LogP) is 1.90. The van der Waals surface area contributed by atoms with Crippen LogP contribution in [0.5, 0.6) is 0 Å². The van der Waals surface area contributed by atoms with Gasteiger partial charge in [-0.25, -0.2) is 5.06 Å². The highest BCUT2D eigenvalue weighted by Crippen LogP contribution is 2.12. The molecule has 0 aromatic carbocycles. The number of hydroxylamine groups is 1. The minimum atomic E-state index is 0.201. The summed E-state index contributed by atoms with van der Waals surface area (Å²) in [7, 11) is 0. The molecule has 0 radical (unpaired) electrons. The van der Waals surface area contributed by atoms with E-state index in [1.165, 1.54) is 0 Å². The highest BCUT2D eigenvalue weighted by Gasteiger charge is 2.10. The van der Waals surface area contributed by atoms with E-state index in [4.69, 9.17) is 0 Å². The number of anilines is 3. The molecular formula is C12H22N6O. The normalized spacial score (nSPS) is 10.1. The van der Waals surface area contributed by atoms with Crippen molar-refractivity contribution in [3.8, 4) is 0 Å². The monoisotopic (exact) mass is 266 g/mol. The van der Waals surface area contributed by atoms with Gasteiger partial charge in [0.25, 0.3) is 5.95 Å². The van der Waals surface area contributed by atoms with Crippen molar-refractivity contribution in [2.45, 2.75) is 26.7 Å². The Morgan fingerprint density at radius 2 is 1.63 bits per heavy atom. The van der Waals surface area contributed by atoms with Gasteiger partial charge in [-0.2, -0.15) is 15.0 Å². The summed E-state index contributed by atoms with van der Waals surface area (Å²) in [4.78, 5) is 12.5. The van der Waals surface area contributed by atoms with Crippen LogP contribution in [0.1, 0.15) is 26.7 Å². The van der Waals surface area contributed by atoms with Gasteiger partial charge in [0.2, 0.25) is 11.9 Å². The van der Waals surface area contributed by atoms with Crippen molar-refractivity contribution in [2.24, 2.45) is 0 Å². The number of hydrogen-bond donors (Lipinski definition) is 3. The number of aromatic nitrogens is 3. The van der Waals surface area contributed by atoms with E-state index in [1.54, 1.807) is 6.08 Å². The first-order valence-electron chi connectivity index (χ1n) is 6.52. The Morgan fingerprint density at radius 3 is 2.05 bits per heavy atom. The lowest BCUT2D eigenvalue weighted by atomic mass is 10.5. The highest BCUT2D eigenvalue weighted by atomic mass is 16.5. The van der Waals surface area contributed by atoms with Crippen molar-refractivity contribution in [3.05, 3.63) is 12.7 Å². The fraction of sp³-hybridized carbons (Fsp3) is 0.583. The summed E-state index contributed by atoms with van der Waals surface area (Å²) in [6.07, 6.45) is 3.50. The summed E-state index contributed by atoms with van der Waals surface area (Å²) in [5.41, 5.74) is 0. The fourth-order valence-corrected chi connectivity index (χ4v) is 1.32. The molecule has 0 unspecified atom stereocenters. The van der Waals surface area contributed by atoms with Crippen LogP contribution < -0.4 is 15.7 Å². The van der Waals surface area contributed by atoms with Crippen LogP contribution in [0.2, 0.25) is 0 Å². The number of hydrogen-bond acceptors (Lipinski definition) is 7. The van der Waals surface area contributed by atoms with E-state index in [0.29, 0.717) is 11.9 Å². The maximum absolute atomic E-state index is 9.77. The smallest absolute Gasteiger partial charge is 0.256 e. The molecule has 3 N–H and O–H groups in total. The van der Waals surface area contributed by atoms with Crippen LogP contribution in [0.25, 0.3) is 0 Å². The molecule has 7 nitrogen and oxygen atoms in total. The van der Waals surface area contributed by atoms with Gasteiger partial charge < -0.3 is 10.6 Å². The van der Waals surface area contributed by atoms with Crippen LogP contribution in [-0.2, 0) is 0 Å². The number of nitrogens with one attached hydrogen (secondary N) is 2. The zero-order valence-corrected chi connectivity index (χ0v) is 11.6. The molecule has 0 aliphatic carbocycles. The molecule has 0 saturated heterocycles. The lowest BCUT2D eigenvalue weighted by molar-refractivity contribution is 0.259. The van der Waals surface area contributed by atoms with E-state index in [9.17, 15) is 5.21 Å². The van der Waals surface area contributed by atoms with Gasteiger partial charge in [0, 0.05) is 13.1 Å². The lowest BCUT2D eigenvalue weighted by Crippen LogP contribution is -2.22. The summed E-state index contributed by atoms with van der Waals surface area (Å²) in [6.45, 7) is 9.47. The molecule has 0 aliphatic heterocycles. The van der Waals surface area contributed by atoms with Gasteiger partial charge in [0.1, 0.15) is 0 Å². The zero-order chi connectivity index (χ0) is 14.1. The maximum Gasteiger partial charge on any atom is 0.256 e. The number of nitrogens with zero attached hydrogens (tertiary/aromatic N) is 4. The summed E-state index contributed by atoms with van der Waals surface area (Å²) in [5.74, 6) is 1.11. The largest absolute Gasteiger partial charge is 0.354 e. The first-order chi connectivity index (χ1) is 9.21. The maximum atomic E-state index is 9.77. The van der Waals surface area contributed by atoms with E-state index in [1.807, 2.05) is 0 Å². The topological polar surface area (TPSA) is 86.2 Å². The molecule has 7 heteroatoms. The molecule has 0 fully saturated rings. The van der Waals surface area contributed by atoms with Gasteiger partial charge in [-0.1, -0.05) is 19.9 Å². The van der Waals surface area contributed by atoms with Crippen molar-refractivity contribution in [1.29, 1.82) is 0 Å². The molecule has 19 heavy (non-hydrogen) atoms. The second kappa shape index (κ2) is 8.25. The molecule has 1 aromatic heterocycles. The Bertz CT molecular complexity index is 372. The molecule has 0 saturated carbocycles. The van der Waals surface area contributed by atoms with Crippen molar-refractivity contribution in [1.82, 2.24) is 15.0 Å². The summed E-state index contributed by atoms with van der Waals surface area (Å²) in [6, 6.07) is 0. The first kappa shape index (κ1) is 15.2. The fourth-order valence-electron chi connectivity index (χ4n) is 1.32. The quantitative estimate of drug-likeness (QED) is 0.465. The third-order valence-corrected chi connectivity index (χ3v) is 2.22. The second-order valence-corrected chi connectivity index (χ2v) is 4.01. The molecule has 1 rings (SSSR count). The molecule has 0 bridgehead atoms. The average Bonchev–Trinajstić information content (AvgIpc) is 2.43. The minimum absolute atomic E-state index is 0.201. The molecule has 0 amide bonds. The van der Waals surface area contributed by atoms with Gasteiger partial charge >= 0.3 is 0 Å². The van der Waals surface area contributed by atoms with Gasteiger partial charge in [0.15, 0.2) is 0 Å². The lowest BCUT2D eigenvalue weighted by Gasteiger charge is -2.15. The highest BCUT2D eigenvalue weighted by molar-refractivity contribution is 5.42. The minimum Gasteiger partial charge on any atom is -0.354 e. The molecule has 0 atom stereocenters. The van der Waals surface area contributed by atoms with Gasteiger partial charge in [-0.05, 0) is 12.8 Å². The van der Waals surface area contributed by atoms with Crippen LogP contribution >= 0.6 is 0 Å². The summed E-state index contributed by atoms with van der Waals surface area (Å²) >= 11 is 0.